The van der Waals surface area contributed by atoms with Crippen molar-refractivity contribution in [3.8, 4) is 5.69 Å². The van der Waals surface area contributed by atoms with Gasteiger partial charge in [0.05, 0.1) is 5.69 Å². The van der Waals surface area contributed by atoms with Gasteiger partial charge in [0, 0.05) is 25.6 Å². The van der Waals surface area contributed by atoms with Crippen molar-refractivity contribution in [2.75, 3.05) is 24.5 Å². The van der Waals surface area contributed by atoms with Crippen LogP contribution in [-0.2, 0) is 29.6 Å². The fourth-order valence-electron chi connectivity index (χ4n) is 3.68. The van der Waals surface area contributed by atoms with Crippen LogP contribution in [0.15, 0.2) is 21.9 Å². The molecule has 172 valence electrons. The van der Waals surface area contributed by atoms with Crippen molar-refractivity contribution in [2.45, 2.75) is 35.1 Å². The molecule has 15 nitrogen and oxygen atoms in total. The van der Waals surface area contributed by atoms with Crippen molar-refractivity contribution in [1.29, 1.82) is 0 Å². The van der Waals surface area contributed by atoms with Gasteiger partial charge < -0.3 is 10.2 Å². The molecule has 0 spiro atoms. The molecule has 2 fully saturated rings. The summed E-state index contributed by atoms with van der Waals surface area (Å²) in [6.45, 7) is 1.05. The third-order valence-corrected chi connectivity index (χ3v) is 7.75. The van der Waals surface area contributed by atoms with Crippen molar-refractivity contribution in [1.82, 2.24) is 35.7 Å². The van der Waals surface area contributed by atoms with E-state index in [0.29, 0.717) is 30.7 Å². The number of primary sulfonamides is 1. The Morgan fingerprint density at radius 1 is 1.12 bits per heavy atom. The quantitative estimate of drug-likeness (QED) is 0.352. The summed E-state index contributed by atoms with van der Waals surface area (Å²) >= 11 is 0. The van der Waals surface area contributed by atoms with Crippen LogP contribution in [0.5, 0.6) is 0 Å². The van der Waals surface area contributed by atoms with E-state index in [-0.39, 0.29) is 18.7 Å². The van der Waals surface area contributed by atoms with Crippen molar-refractivity contribution in [3.63, 3.8) is 0 Å². The molecular weight excluding hydrogens is 466 g/mol. The second kappa shape index (κ2) is 8.24. The summed E-state index contributed by atoms with van der Waals surface area (Å²) in [4.78, 5) is 24.6. The van der Waals surface area contributed by atoms with E-state index in [1.54, 1.807) is 0 Å². The number of Topliss-reactive ketones (excluding diaryl/α,β-unsaturated/α-hetero) is 1. The normalized spacial score (nSPS) is 20.2. The molecule has 1 aromatic heterocycles. The van der Waals surface area contributed by atoms with E-state index in [1.165, 1.54) is 6.07 Å². The fraction of sp³-hybridized carbons (Fsp3) is 0.467. The van der Waals surface area contributed by atoms with Crippen LogP contribution in [0.25, 0.3) is 5.69 Å². The summed E-state index contributed by atoms with van der Waals surface area (Å²) in [5.41, 5.74) is -0.568. The number of piperidine rings is 1. The maximum Gasteiger partial charge on any atom is 0.294 e. The van der Waals surface area contributed by atoms with E-state index in [4.69, 9.17) is 5.14 Å². The number of nitrogens with two attached hydrogens (primary N) is 1. The molecule has 2 saturated heterocycles. The minimum Gasteiger partial charge on any atom is -0.315 e. The van der Waals surface area contributed by atoms with E-state index >= 15 is 0 Å². The van der Waals surface area contributed by atoms with Crippen LogP contribution in [0.4, 0.5) is 5.69 Å². The van der Waals surface area contributed by atoms with E-state index in [1.807, 2.05) is 0 Å². The van der Waals surface area contributed by atoms with Crippen LogP contribution in [-0.4, -0.2) is 79.9 Å². The van der Waals surface area contributed by atoms with Gasteiger partial charge in [-0.2, -0.15) is 0 Å². The zero-order chi connectivity index (χ0) is 23.1. The Hall–Kier alpha value is -2.86. The molecule has 2 aromatic rings. The van der Waals surface area contributed by atoms with Gasteiger partial charge in [-0.25, -0.2) is 26.7 Å². The van der Waals surface area contributed by atoms with Crippen LogP contribution in [0.2, 0.25) is 0 Å². The molecule has 1 atom stereocenters. The van der Waals surface area contributed by atoms with Gasteiger partial charge in [-0.1, -0.05) is 0 Å². The van der Waals surface area contributed by atoms with Gasteiger partial charge in [-0.3, -0.25) is 9.59 Å². The number of nitrogens with one attached hydrogen (secondary N) is 2. The van der Waals surface area contributed by atoms with Gasteiger partial charge >= 0.3 is 0 Å². The van der Waals surface area contributed by atoms with Gasteiger partial charge in [0.15, 0.2) is 0 Å². The molecule has 0 radical (unpaired) electrons. The Kier molecular flexibility index (Phi) is 5.76. The minimum atomic E-state index is -4.71. The fourth-order valence-corrected chi connectivity index (χ4v) is 6.52. The minimum absolute atomic E-state index is 0.0433. The number of hydrogen-bond donors (Lipinski definition) is 3. The Morgan fingerprint density at radius 2 is 1.84 bits per heavy atom. The largest absolute Gasteiger partial charge is 0.315 e. The number of anilines is 1. The Labute approximate surface area is 182 Å². The maximum absolute atomic E-state index is 13.1. The molecule has 4 N–H and O–H groups in total. The Morgan fingerprint density at radius 3 is 2.47 bits per heavy atom. The molecule has 17 heteroatoms. The van der Waals surface area contributed by atoms with E-state index in [2.05, 4.69) is 30.9 Å². The second-order valence-electron chi connectivity index (χ2n) is 7.25. The summed E-state index contributed by atoms with van der Waals surface area (Å²) in [6.07, 6.45) is 0.878. The number of amides is 1. The van der Waals surface area contributed by atoms with Gasteiger partial charge in [-0.05, 0) is 52.4 Å². The summed E-state index contributed by atoms with van der Waals surface area (Å²) in [7, 11) is -9.09. The van der Waals surface area contributed by atoms with E-state index < -0.39 is 53.3 Å². The molecule has 2 aliphatic heterocycles. The predicted octanol–water partition coefficient (Wildman–Crippen LogP) is -2.96. The van der Waals surface area contributed by atoms with Gasteiger partial charge in [-0.15, -0.1) is 4.80 Å². The van der Waals surface area contributed by atoms with Gasteiger partial charge in [0.25, 0.3) is 5.91 Å². The van der Waals surface area contributed by atoms with Crippen LogP contribution in [0.1, 0.15) is 19.3 Å². The van der Waals surface area contributed by atoms with Gasteiger partial charge in [0.2, 0.25) is 25.8 Å². The SMILES string of the molecule is NS(=O)(=O)c1c(S(=O)(=O)N[C@@H]2CCNC2)ccc(N2CCCC(=O)C2=O)c1-n1nnnn1. The highest BCUT2D eigenvalue weighted by Gasteiger charge is 2.37. The Balaban J connectivity index is 1.97. The lowest BCUT2D eigenvalue weighted by molar-refractivity contribution is -0.137. The molecule has 0 saturated carbocycles. The highest BCUT2D eigenvalue weighted by atomic mass is 32.2. The summed E-state index contributed by atoms with van der Waals surface area (Å²) in [5, 5.41) is 22.1. The molecule has 4 rings (SSSR count). The number of aromatic nitrogens is 5. The number of benzene rings is 1. The van der Waals surface area contributed by atoms with Crippen molar-refractivity contribution >= 4 is 37.4 Å². The Bertz CT molecular complexity index is 1270. The van der Waals surface area contributed by atoms with Gasteiger partial charge in [0.1, 0.15) is 15.5 Å². The smallest absolute Gasteiger partial charge is 0.294 e. The lowest BCUT2D eigenvalue weighted by atomic mass is 10.1. The number of ketones is 1. The molecule has 3 heterocycles. The first kappa shape index (κ1) is 22.3. The first-order valence-corrected chi connectivity index (χ1v) is 12.5. The third kappa shape index (κ3) is 4.11. The maximum atomic E-state index is 13.1. The molecule has 1 aromatic carbocycles. The average Bonchev–Trinajstić information content (AvgIpc) is 3.42. The predicted molar refractivity (Wildman–Crippen MR) is 107 cm³/mol. The van der Waals surface area contributed by atoms with Crippen LogP contribution < -0.4 is 20.1 Å². The molecule has 32 heavy (non-hydrogen) atoms. The molecule has 0 bridgehead atoms. The number of carbonyl (C=O) groups excluding carboxylic acids is 2. The van der Waals surface area contributed by atoms with Crippen molar-refractivity contribution < 1.29 is 26.4 Å². The standard InChI is InChI=1S/C15H19N9O6S2/c16-31(27,28)14-12(32(29,30)18-9-5-6-17-8-9)4-3-10(13(14)24-21-19-20-22-24)23-7-1-2-11(25)15(23)26/h3-4,9,17-18H,1-2,5-8H2,(H2,16,27,28)/t9-/m1/s1. The zero-order valence-electron chi connectivity index (χ0n) is 16.5. The molecule has 1 amide bonds. The number of rotatable bonds is 6. The summed E-state index contributed by atoms with van der Waals surface area (Å²) in [6, 6.07) is 1.76. The summed E-state index contributed by atoms with van der Waals surface area (Å²) in [5.74, 6) is -1.55. The monoisotopic (exact) mass is 485 g/mol. The molecular formula is C15H19N9O6S2. The zero-order valence-corrected chi connectivity index (χ0v) is 18.1. The topological polar surface area (TPSA) is 212 Å². The molecule has 0 unspecified atom stereocenters. The van der Waals surface area contributed by atoms with Crippen LogP contribution in [0.3, 0.4) is 0 Å². The van der Waals surface area contributed by atoms with Crippen LogP contribution in [0, 0.1) is 0 Å². The first-order chi connectivity index (χ1) is 15.1. The number of nitrogens with zero attached hydrogens (tertiary/aromatic N) is 6. The highest BCUT2D eigenvalue weighted by molar-refractivity contribution is 7.92. The number of carbonyl (C=O) groups is 2. The van der Waals surface area contributed by atoms with E-state index in [9.17, 15) is 26.4 Å². The first-order valence-electron chi connectivity index (χ1n) is 9.49. The second-order valence-corrected chi connectivity index (χ2v) is 10.4. The lowest BCUT2D eigenvalue weighted by Gasteiger charge is -2.28. The van der Waals surface area contributed by atoms with Crippen molar-refractivity contribution in [3.05, 3.63) is 12.1 Å². The van der Waals surface area contributed by atoms with Crippen molar-refractivity contribution in [2.24, 2.45) is 5.14 Å². The number of hydrogen-bond acceptors (Lipinski definition) is 11. The van der Waals surface area contributed by atoms with E-state index in [0.717, 1.165) is 11.0 Å². The number of sulfonamides is 2. The summed E-state index contributed by atoms with van der Waals surface area (Å²) < 4.78 is 53.9. The highest BCUT2D eigenvalue weighted by Crippen LogP contribution is 2.35. The molecule has 2 aliphatic rings. The third-order valence-electron chi connectivity index (χ3n) is 5.08. The average molecular weight is 486 g/mol. The van der Waals surface area contributed by atoms with Crippen LogP contribution >= 0.6 is 0 Å². The lowest BCUT2D eigenvalue weighted by Crippen LogP contribution is -2.42. The molecule has 0 aliphatic carbocycles.